The number of piperazine rings is 2. The number of nitriles is 1. The van der Waals surface area contributed by atoms with Crippen molar-refractivity contribution in [3.8, 4) is 6.19 Å². The first kappa shape index (κ1) is 14.2. The highest BCUT2D eigenvalue weighted by molar-refractivity contribution is 6.31. The van der Waals surface area contributed by atoms with Gasteiger partial charge >= 0.3 is 0 Å². The van der Waals surface area contributed by atoms with E-state index in [0.717, 1.165) is 24.3 Å². The summed E-state index contributed by atoms with van der Waals surface area (Å²) >= 11 is 6.16. The molecule has 2 fully saturated rings. The van der Waals surface area contributed by atoms with Crippen molar-refractivity contribution in [2.75, 3.05) is 37.6 Å². The Morgan fingerprint density at radius 1 is 1.29 bits per heavy atom. The molecule has 0 N–H and O–H groups in total. The molecule has 3 rings (SSSR count). The molecular formula is C15H17ClN4O. The average molecular weight is 305 g/mol. The van der Waals surface area contributed by atoms with Crippen molar-refractivity contribution in [1.29, 1.82) is 5.26 Å². The van der Waals surface area contributed by atoms with Crippen LogP contribution in [-0.2, 0) is 4.79 Å². The van der Waals surface area contributed by atoms with Crippen LogP contribution in [0.2, 0.25) is 5.02 Å². The predicted octanol–water partition coefficient (Wildman–Crippen LogP) is 1.46. The van der Waals surface area contributed by atoms with Gasteiger partial charge in [0.1, 0.15) is 6.04 Å². The van der Waals surface area contributed by atoms with E-state index < -0.39 is 0 Å². The average Bonchev–Trinajstić information content (AvgIpc) is 2.50. The van der Waals surface area contributed by atoms with Crippen LogP contribution in [-0.4, -0.2) is 54.5 Å². The first-order valence-corrected chi connectivity index (χ1v) is 7.44. The molecule has 2 saturated heterocycles. The number of anilines is 1. The van der Waals surface area contributed by atoms with E-state index in [-0.39, 0.29) is 11.9 Å². The standard InChI is InChI=1S/C15H17ClN4O/c1-11-2-3-12(8-13(11)16)20-7-6-19-5-4-18(10-17)9-14(19)15(20)21/h2-3,8,14H,4-7,9H2,1H3/t14-/m1/s1. The molecular weight excluding hydrogens is 288 g/mol. The molecule has 2 heterocycles. The van der Waals surface area contributed by atoms with Crippen LogP contribution in [0.5, 0.6) is 0 Å². The Bertz CT molecular complexity index is 612. The fourth-order valence-electron chi connectivity index (χ4n) is 2.94. The number of carbonyl (C=O) groups excluding carboxylic acids is 1. The molecule has 0 unspecified atom stereocenters. The van der Waals surface area contributed by atoms with Gasteiger partial charge in [0, 0.05) is 36.9 Å². The Balaban J connectivity index is 1.83. The van der Waals surface area contributed by atoms with Crippen molar-refractivity contribution in [2.24, 2.45) is 0 Å². The van der Waals surface area contributed by atoms with Gasteiger partial charge < -0.3 is 9.80 Å². The third kappa shape index (κ3) is 2.57. The smallest absolute Gasteiger partial charge is 0.246 e. The zero-order valence-electron chi connectivity index (χ0n) is 11.9. The number of fused-ring (bicyclic) bond motifs is 1. The van der Waals surface area contributed by atoms with Crippen LogP contribution in [0.25, 0.3) is 0 Å². The monoisotopic (exact) mass is 304 g/mol. The number of hydrogen-bond donors (Lipinski definition) is 0. The number of amides is 1. The molecule has 0 saturated carbocycles. The van der Waals surface area contributed by atoms with Gasteiger partial charge in [-0.2, -0.15) is 5.26 Å². The van der Waals surface area contributed by atoms with Crippen LogP contribution in [0, 0.1) is 18.4 Å². The molecule has 0 radical (unpaired) electrons. The second-order valence-electron chi connectivity index (χ2n) is 5.52. The Morgan fingerprint density at radius 3 is 2.76 bits per heavy atom. The number of aryl methyl sites for hydroxylation is 1. The second kappa shape index (κ2) is 5.55. The summed E-state index contributed by atoms with van der Waals surface area (Å²) in [7, 11) is 0. The largest absolute Gasteiger partial charge is 0.310 e. The normalized spacial score (nSPS) is 22.9. The fraction of sp³-hybridized carbons (Fsp3) is 0.467. The SMILES string of the molecule is Cc1ccc(N2CCN3CCN(C#N)C[C@@H]3C2=O)cc1Cl. The van der Waals surface area contributed by atoms with Crippen molar-refractivity contribution >= 4 is 23.2 Å². The van der Waals surface area contributed by atoms with Crippen LogP contribution in [0.15, 0.2) is 18.2 Å². The van der Waals surface area contributed by atoms with Gasteiger partial charge in [-0.1, -0.05) is 17.7 Å². The van der Waals surface area contributed by atoms with Crippen LogP contribution in [0.4, 0.5) is 5.69 Å². The van der Waals surface area contributed by atoms with E-state index in [0.29, 0.717) is 24.7 Å². The number of carbonyl (C=O) groups is 1. The van der Waals surface area contributed by atoms with Gasteiger partial charge in [0.15, 0.2) is 6.19 Å². The fourth-order valence-corrected chi connectivity index (χ4v) is 3.11. The third-order valence-corrected chi connectivity index (χ3v) is 4.67. The maximum absolute atomic E-state index is 12.7. The summed E-state index contributed by atoms with van der Waals surface area (Å²) in [5, 5.41) is 9.70. The minimum Gasteiger partial charge on any atom is -0.310 e. The highest BCUT2D eigenvalue weighted by Gasteiger charge is 2.39. The van der Waals surface area contributed by atoms with E-state index in [4.69, 9.17) is 16.9 Å². The summed E-state index contributed by atoms with van der Waals surface area (Å²) in [6.45, 7) is 5.40. The maximum atomic E-state index is 12.7. The molecule has 21 heavy (non-hydrogen) atoms. The van der Waals surface area contributed by atoms with E-state index in [1.54, 1.807) is 9.80 Å². The van der Waals surface area contributed by atoms with Crippen molar-refractivity contribution in [3.63, 3.8) is 0 Å². The zero-order valence-corrected chi connectivity index (χ0v) is 12.7. The Kier molecular flexibility index (Phi) is 3.75. The summed E-state index contributed by atoms with van der Waals surface area (Å²) in [5.74, 6) is 0.0566. The van der Waals surface area contributed by atoms with E-state index in [1.165, 1.54) is 0 Å². The van der Waals surface area contributed by atoms with Gasteiger partial charge in [0.2, 0.25) is 5.91 Å². The lowest BCUT2D eigenvalue weighted by molar-refractivity contribution is -0.127. The van der Waals surface area contributed by atoms with Gasteiger partial charge in [-0.15, -0.1) is 0 Å². The van der Waals surface area contributed by atoms with Gasteiger partial charge in [0.05, 0.1) is 6.54 Å². The quantitative estimate of drug-likeness (QED) is 0.737. The van der Waals surface area contributed by atoms with Crippen LogP contribution in [0.1, 0.15) is 5.56 Å². The molecule has 110 valence electrons. The van der Waals surface area contributed by atoms with E-state index in [2.05, 4.69) is 11.1 Å². The first-order valence-electron chi connectivity index (χ1n) is 7.06. The Morgan fingerprint density at radius 2 is 2.05 bits per heavy atom. The number of nitrogens with zero attached hydrogens (tertiary/aromatic N) is 4. The molecule has 6 heteroatoms. The zero-order chi connectivity index (χ0) is 15.0. The lowest BCUT2D eigenvalue weighted by Crippen LogP contribution is -2.64. The van der Waals surface area contributed by atoms with Crippen molar-refractivity contribution in [3.05, 3.63) is 28.8 Å². The van der Waals surface area contributed by atoms with Gasteiger partial charge in [-0.3, -0.25) is 9.69 Å². The highest BCUT2D eigenvalue weighted by atomic mass is 35.5. The highest BCUT2D eigenvalue weighted by Crippen LogP contribution is 2.26. The molecule has 0 spiro atoms. The summed E-state index contributed by atoms with van der Waals surface area (Å²) in [4.78, 5) is 18.3. The molecule has 0 aromatic heterocycles. The van der Waals surface area contributed by atoms with E-state index >= 15 is 0 Å². The molecule has 1 atom stereocenters. The van der Waals surface area contributed by atoms with E-state index in [1.807, 2.05) is 25.1 Å². The molecule has 0 aliphatic carbocycles. The Labute approximate surface area is 129 Å². The van der Waals surface area contributed by atoms with Crippen LogP contribution in [0.3, 0.4) is 0 Å². The lowest BCUT2D eigenvalue weighted by atomic mass is 10.1. The lowest BCUT2D eigenvalue weighted by Gasteiger charge is -2.45. The Hall–Kier alpha value is -1.77. The van der Waals surface area contributed by atoms with Crippen molar-refractivity contribution in [1.82, 2.24) is 9.80 Å². The van der Waals surface area contributed by atoms with Gasteiger partial charge in [-0.25, -0.2) is 0 Å². The molecule has 5 nitrogen and oxygen atoms in total. The number of halogens is 1. The minimum atomic E-state index is -0.229. The molecule has 2 aliphatic heterocycles. The molecule has 0 bridgehead atoms. The number of rotatable bonds is 1. The third-order valence-electron chi connectivity index (χ3n) is 4.26. The molecule has 1 amide bonds. The molecule has 1 aromatic rings. The molecule has 2 aliphatic rings. The second-order valence-corrected chi connectivity index (χ2v) is 5.93. The summed E-state index contributed by atoms with van der Waals surface area (Å²) in [5.41, 5.74) is 1.84. The van der Waals surface area contributed by atoms with Crippen molar-refractivity contribution in [2.45, 2.75) is 13.0 Å². The van der Waals surface area contributed by atoms with Gasteiger partial charge in [0.25, 0.3) is 0 Å². The van der Waals surface area contributed by atoms with Gasteiger partial charge in [-0.05, 0) is 24.6 Å². The van der Waals surface area contributed by atoms with Crippen LogP contribution >= 0.6 is 11.6 Å². The molecule has 1 aromatic carbocycles. The summed E-state index contributed by atoms with van der Waals surface area (Å²) < 4.78 is 0. The first-order chi connectivity index (χ1) is 10.1. The maximum Gasteiger partial charge on any atom is 0.246 e. The summed E-state index contributed by atoms with van der Waals surface area (Å²) in [6.07, 6.45) is 2.14. The van der Waals surface area contributed by atoms with Crippen LogP contribution < -0.4 is 4.90 Å². The van der Waals surface area contributed by atoms with Crippen molar-refractivity contribution < 1.29 is 4.79 Å². The number of hydrogen-bond acceptors (Lipinski definition) is 4. The topological polar surface area (TPSA) is 50.6 Å². The predicted molar refractivity (Wildman–Crippen MR) is 81.1 cm³/mol. The number of benzene rings is 1. The van der Waals surface area contributed by atoms with E-state index in [9.17, 15) is 4.79 Å². The summed E-state index contributed by atoms with van der Waals surface area (Å²) in [6, 6.07) is 5.47. The minimum absolute atomic E-state index is 0.0566.